The fourth-order valence-corrected chi connectivity index (χ4v) is 1.84. The molecule has 0 saturated heterocycles. The summed E-state index contributed by atoms with van der Waals surface area (Å²) in [6.07, 6.45) is 2.84. The Bertz CT molecular complexity index is 501. The minimum atomic E-state index is -0.669. The first-order chi connectivity index (χ1) is 9.16. The molecule has 1 aromatic heterocycles. The number of rotatable bonds is 5. The molecule has 0 amide bonds. The van der Waals surface area contributed by atoms with Crippen molar-refractivity contribution >= 4 is 0 Å². The van der Waals surface area contributed by atoms with E-state index in [0.717, 1.165) is 5.56 Å². The Balaban J connectivity index is 1.92. The van der Waals surface area contributed by atoms with E-state index in [-0.39, 0.29) is 11.9 Å². The van der Waals surface area contributed by atoms with Gasteiger partial charge in [0.25, 0.3) is 0 Å². The van der Waals surface area contributed by atoms with Crippen LogP contribution < -0.4 is 5.32 Å². The molecule has 100 valence electrons. The van der Waals surface area contributed by atoms with Crippen molar-refractivity contribution in [2.24, 2.45) is 0 Å². The van der Waals surface area contributed by atoms with Gasteiger partial charge >= 0.3 is 0 Å². The van der Waals surface area contributed by atoms with E-state index in [9.17, 15) is 9.50 Å². The predicted molar refractivity (Wildman–Crippen MR) is 71.9 cm³/mol. The van der Waals surface area contributed by atoms with E-state index in [0.29, 0.717) is 12.1 Å². The van der Waals surface area contributed by atoms with Crippen molar-refractivity contribution in [2.75, 3.05) is 0 Å². The number of benzene rings is 1. The van der Waals surface area contributed by atoms with Gasteiger partial charge in [0, 0.05) is 25.0 Å². The van der Waals surface area contributed by atoms with Crippen molar-refractivity contribution in [3.8, 4) is 0 Å². The maximum atomic E-state index is 12.8. The number of hydrogen-bond donors (Lipinski definition) is 2. The maximum Gasteiger partial charge on any atom is 0.123 e. The summed E-state index contributed by atoms with van der Waals surface area (Å²) in [6, 6.07) is 9.61. The fraction of sp³-hybridized carbons (Fsp3) is 0.267. The summed E-state index contributed by atoms with van der Waals surface area (Å²) in [4.78, 5) is 4.03. The molecule has 19 heavy (non-hydrogen) atoms. The van der Waals surface area contributed by atoms with E-state index in [1.54, 1.807) is 24.5 Å². The van der Waals surface area contributed by atoms with Gasteiger partial charge < -0.3 is 10.4 Å². The standard InChI is InChI=1S/C15H17FN2O/c1-11(18-10-12-3-2-8-17-9-12)15(19)13-4-6-14(16)7-5-13/h2-9,11,15,18-19H,10H2,1H3. The molecule has 1 heterocycles. The third-order valence-corrected chi connectivity index (χ3v) is 3.04. The average molecular weight is 260 g/mol. The van der Waals surface area contributed by atoms with Crippen molar-refractivity contribution in [3.05, 3.63) is 65.7 Å². The summed E-state index contributed by atoms with van der Waals surface area (Å²) in [6.45, 7) is 2.53. The molecular formula is C15H17FN2O. The van der Waals surface area contributed by atoms with Crippen LogP contribution in [0.1, 0.15) is 24.2 Å². The van der Waals surface area contributed by atoms with E-state index in [1.165, 1.54) is 12.1 Å². The number of pyridine rings is 1. The van der Waals surface area contributed by atoms with E-state index < -0.39 is 6.10 Å². The van der Waals surface area contributed by atoms with Gasteiger partial charge in [-0.2, -0.15) is 0 Å². The average Bonchev–Trinajstić information content (AvgIpc) is 2.46. The normalized spacial score (nSPS) is 14.1. The summed E-state index contributed by atoms with van der Waals surface area (Å²) >= 11 is 0. The number of hydrogen-bond acceptors (Lipinski definition) is 3. The van der Waals surface area contributed by atoms with E-state index >= 15 is 0 Å². The highest BCUT2D eigenvalue weighted by molar-refractivity contribution is 5.19. The van der Waals surface area contributed by atoms with Gasteiger partial charge in [-0.3, -0.25) is 4.98 Å². The minimum absolute atomic E-state index is 0.134. The molecular weight excluding hydrogens is 243 g/mol. The highest BCUT2D eigenvalue weighted by Crippen LogP contribution is 2.17. The Hall–Kier alpha value is -1.78. The highest BCUT2D eigenvalue weighted by atomic mass is 19.1. The Kier molecular flexibility index (Phi) is 4.60. The van der Waals surface area contributed by atoms with Crippen molar-refractivity contribution in [1.29, 1.82) is 0 Å². The molecule has 0 spiro atoms. The van der Waals surface area contributed by atoms with E-state index in [1.807, 2.05) is 19.1 Å². The monoisotopic (exact) mass is 260 g/mol. The topological polar surface area (TPSA) is 45.2 Å². The number of aromatic nitrogens is 1. The second-order valence-electron chi connectivity index (χ2n) is 4.53. The van der Waals surface area contributed by atoms with Crippen LogP contribution in [-0.2, 0) is 6.54 Å². The molecule has 0 fully saturated rings. The summed E-state index contributed by atoms with van der Waals surface area (Å²) in [5, 5.41) is 13.4. The molecule has 4 heteroatoms. The summed E-state index contributed by atoms with van der Waals surface area (Å²) in [5.74, 6) is -0.299. The lowest BCUT2D eigenvalue weighted by Crippen LogP contribution is -2.31. The van der Waals surface area contributed by atoms with Crippen LogP contribution in [0, 0.1) is 5.82 Å². The molecule has 3 nitrogen and oxygen atoms in total. The van der Waals surface area contributed by atoms with Crippen LogP contribution in [0.3, 0.4) is 0 Å². The second kappa shape index (κ2) is 6.41. The molecule has 2 aromatic rings. The first kappa shape index (κ1) is 13.6. The number of halogens is 1. The van der Waals surface area contributed by atoms with Gasteiger partial charge in [-0.15, -0.1) is 0 Å². The van der Waals surface area contributed by atoms with Gasteiger partial charge in [0.1, 0.15) is 5.82 Å². The largest absolute Gasteiger partial charge is 0.387 e. The zero-order valence-electron chi connectivity index (χ0n) is 10.8. The molecule has 0 aliphatic heterocycles. The second-order valence-corrected chi connectivity index (χ2v) is 4.53. The smallest absolute Gasteiger partial charge is 0.123 e. The van der Waals surface area contributed by atoms with Gasteiger partial charge in [0.05, 0.1) is 6.10 Å². The highest BCUT2D eigenvalue weighted by Gasteiger charge is 2.15. The Morgan fingerprint density at radius 1 is 1.26 bits per heavy atom. The summed E-state index contributed by atoms with van der Waals surface area (Å²) in [7, 11) is 0. The van der Waals surface area contributed by atoms with Gasteiger partial charge in [-0.05, 0) is 36.2 Å². The summed E-state index contributed by atoms with van der Waals surface area (Å²) in [5.41, 5.74) is 1.76. The lowest BCUT2D eigenvalue weighted by Gasteiger charge is -2.20. The molecule has 0 aliphatic carbocycles. The van der Waals surface area contributed by atoms with Crippen LogP contribution in [-0.4, -0.2) is 16.1 Å². The number of nitrogens with zero attached hydrogens (tertiary/aromatic N) is 1. The molecule has 0 radical (unpaired) electrons. The minimum Gasteiger partial charge on any atom is -0.387 e. The number of aliphatic hydroxyl groups excluding tert-OH is 1. The molecule has 2 N–H and O–H groups in total. The number of aliphatic hydroxyl groups is 1. The Labute approximate surface area is 112 Å². The van der Waals surface area contributed by atoms with E-state index in [4.69, 9.17) is 0 Å². The van der Waals surface area contributed by atoms with Crippen LogP contribution in [0.2, 0.25) is 0 Å². The number of nitrogens with one attached hydrogen (secondary N) is 1. The van der Waals surface area contributed by atoms with Crippen molar-refractivity contribution < 1.29 is 9.50 Å². The molecule has 1 aromatic carbocycles. The van der Waals surface area contributed by atoms with Crippen LogP contribution >= 0.6 is 0 Å². The summed E-state index contributed by atoms with van der Waals surface area (Å²) < 4.78 is 12.8. The molecule has 2 unspecified atom stereocenters. The lowest BCUT2D eigenvalue weighted by atomic mass is 10.0. The zero-order chi connectivity index (χ0) is 13.7. The molecule has 0 aliphatic rings. The zero-order valence-corrected chi connectivity index (χ0v) is 10.8. The SMILES string of the molecule is CC(NCc1cccnc1)C(O)c1ccc(F)cc1. The fourth-order valence-electron chi connectivity index (χ4n) is 1.84. The van der Waals surface area contributed by atoms with Crippen molar-refractivity contribution in [1.82, 2.24) is 10.3 Å². The molecule has 0 saturated carbocycles. The molecule has 0 bridgehead atoms. The van der Waals surface area contributed by atoms with Crippen LogP contribution in [0.5, 0.6) is 0 Å². The first-order valence-electron chi connectivity index (χ1n) is 6.22. The van der Waals surface area contributed by atoms with Gasteiger partial charge in [-0.25, -0.2) is 4.39 Å². The quantitative estimate of drug-likeness (QED) is 0.868. The van der Waals surface area contributed by atoms with Gasteiger partial charge in [0.2, 0.25) is 0 Å². The maximum absolute atomic E-state index is 12.8. The van der Waals surface area contributed by atoms with Crippen molar-refractivity contribution in [2.45, 2.75) is 25.6 Å². The molecule has 2 atom stereocenters. The first-order valence-corrected chi connectivity index (χ1v) is 6.22. The lowest BCUT2D eigenvalue weighted by molar-refractivity contribution is 0.135. The Morgan fingerprint density at radius 2 is 2.00 bits per heavy atom. The molecule has 2 rings (SSSR count). The van der Waals surface area contributed by atoms with Crippen LogP contribution in [0.25, 0.3) is 0 Å². The third kappa shape index (κ3) is 3.84. The van der Waals surface area contributed by atoms with Crippen LogP contribution in [0.4, 0.5) is 4.39 Å². The van der Waals surface area contributed by atoms with Gasteiger partial charge in [0.15, 0.2) is 0 Å². The van der Waals surface area contributed by atoms with E-state index in [2.05, 4.69) is 10.3 Å². The Morgan fingerprint density at radius 3 is 2.63 bits per heavy atom. The third-order valence-electron chi connectivity index (χ3n) is 3.04. The van der Waals surface area contributed by atoms with Crippen molar-refractivity contribution in [3.63, 3.8) is 0 Å². The van der Waals surface area contributed by atoms with Gasteiger partial charge in [-0.1, -0.05) is 18.2 Å². The predicted octanol–water partition coefficient (Wildman–Crippen LogP) is 2.43. The van der Waals surface area contributed by atoms with Crippen LogP contribution in [0.15, 0.2) is 48.8 Å².